The van der Waals surface area contributed by atoms with Crippen LogP contribution >= 0.6 is 0 Å². The van der Waals surface area contributed by atoms with Crippen molar-refractivity contribution in [2.45, 2.75) is 19.8 Å². The topological polar surface area (TPSA) is 68.6 Å². The van der Waals surface area contributed by atoms with Gasteiger partial charge in [-0.05, 0) is 18.8 Å². The lowest BCUT2D eigenvalue weighted by Crippen LogP contribution is -2.41. The summed E-state index contributed by atoms with van der Waals surface area (Å²) in [6.45, 7) is 8.77. The molecule has 0 aromatic carbocycles. The third-order valence-corrected chi connectivity index (χ3v) is 4.31. The summed E-state index contributed by atoms with van der Waals surface area (Å²) >= 11 is 0. The van der Waals surface area contributed by atoms with E-state index in [4.69, 9.17) is 4.74 Å². The lowest BCUT2D eigenvalue weighted by molar-refractivity contribution is -0.117. The van der Waals surface area contributed by atoms with Gasteiger partial charge in [0.1, 0.15) is 11.6 Å². The smallest absolute Gasteiger partial charge is 0.263 e. The van der Waals surface area contributed by atoms with Gasteiger partial charge in [-0.1, -0.05) is 6.92 Å². The highest BCUT2D eigenvalue weighted by Crippen LogP contribution is 2.16. The number of nitrogens with one attached hydrogen (secondary N) is 1. The number of nitrogens with zero attached hydrogens (tertiary/aromatic N) is 3. The molecule has 2 rings (SSSR count). The first-order valence-electron chi connectivity index (χ1n) is 8.13. The summed E-state index contributed by atoms with van der Waals surface area (Å²) in [5.41, 5.74) is 0.205. The van der Waals surface area contributed by atoms with Crippen molar-refractivity contribution in [2.75, 3.05) is 52.5 Å². The van der Waals surface area contributed by atoms with E-state index >= 15 is 0 Å². The lowest BCUT2D eigenvalue weighted by Gasteiger charge is -2.29. The average Bonchev–Trinajstić information content (AvgIpc) is 2.55. The van der Waals surface area contributed by atoms with Gasteiger partial charge in [-0.15, -0.1) is 0 Å². The molecule has 0 radical (unpaired) electrons. The third-order valence-electron chi connectivity index (χ3n) is 4.31. The molecule has 22 heavy (non-hydrogen) atoms. The summed E-state index contributed by atoms with van der Waals surface area (Å²) in [6.07, 6.45) is 3.96. The van der Waals surface area contributed by atoms with Gasteiger partial charge in [-0.25, -0.2) is 0 Å². The van der Waals surface area contributed by atoms with Gasteiger partial charge in [0, 0.05) is 45.5 Å². The summed E-state index contributed by atoms with van der Waals surface area (Å²) in [6, 6.07) is 2.02. The van der Waals surface area contributed by atoms with Gasteiger partial charge in [-0.3, -0.25) is 9.69 Å². The second kappa shape index (κ2) is 8.76. The minimum Gasteiger partial charge on any atom is -0.379 e. The van der Waals surface area contributed by atoms with Crippen molar-refractivity contribution in [2.24, 2.45) is 5.92 Å². The molecule has 1 amide bonds. The summed E-state index contributed by atoms with van der Waals surface area (Å²) in [5.74, 6) is 0.465. The molecule has 0 aromatic rings. The second-order valence-electron chi connectivity index (χ2n) is 6.08. The number of piperidine rings is 1. The first kappa shape index (κ1) is 16.8. The van der Waals surface area contributed by atoms with Gasteiger partial charge in [0.2, 0.25) is 0 Å². The number of rotatable bonds is 5. The number of carbonyl (C=O) groups excluding carboxylic acids is 1. The summed E-state index contributed by atoms with van der Waals surface area (Å²) < 4.78 is 5.29. The fraction of sp³-hybridized carbons (Fsp3) is 0.750. The second-order valence-corrected chi connectivity index (χ2v) is 6.08. The van der Waals surface area contributed by atoms with Crippen LogP contribution in [0.2, 0.25) is 0 Å². The highest BCUT2D eigenvalue weighted by atomic mass is 16.5. The van der Waals surface area contributed by atoms with E-state index in [9.17, 15) is 10.1 Å². The Morgan fingerprint density at radius 1 is 1.32 bits per heavy atom. The van der Waals surface area contributed by atoms with Gasteiger partial charge in [0.05, 0.1) is 13.2 Å². The van der Waals surface area contributed by atoms with Crippen LogP contribution in [0.25, 0.3) is 0 Å². The highest BCUT2D eigenvalue weighted by Gasteiger charge is 2.16. The van der Waals surface area contributed by atoms with E-state index in [1.54, 1.807) is 6.20 Å². The molecule has 2 heterocycles. The minimum atomic E-state index is -0.269. The van der Waals surface area contributed by atoms with Gasteiger partial charge in [0.25, 0.3) is 5.91 Å². The first-order valence-corrected chi connectivity index (χ1v) is 8.13. The van der Waals surface area contributed by atoms with E-state index in [2.05, 4.69) is 22.0 Å². The van der Waals surface area contributed by atoms with Crippen LogP contribution in [-0.4, -0.2) is 68.2 Å². The molecule has 1 N–H and O–H groups in total. The first-order chi connectivity index (χ1) is 10.7. The Morgan fingerprint density at radius 2 is 2.00 bits per heavy atom. The Labute approximate surface area is 132 Å². The lowest BCUT2D eigenvalue weighted by atomic mass is 9.99. The zero-order valence-electron chi connectivity index (χ0n) is 13.4. The Hall–Kier alpha value is -1.58. The van der Waals surface area contributed by atoms with Crippen molar-refractivity contribution < 1.29 is 9.53 Å². The molecular weight excluding hydrogens is 280 g/mol. The van der Waals surface area contributed by atoms with Crippen molar-refractivity contribution >= 4 is 5.91 Å². The molecule has 0 aliphatic carbocycles. The molecule has 2 fully saturated rings. The Morgan fingerprint density at radius 3 is 2.64 bits per heavy atom. The molecule has 0 spiro atoms. The molecular formula is C16H26N4O2. The Bertz CT molecular complexity index is 430. The van der Waals surface area contributed by atoms with Crippen molar-refractivity contribution in [1.82, 2.24) is 15.1 Å². The van der Waals surface area contributed by atoms with Crippen LogP contribution in [0.5, 0.6) is 0 Å². The van der Waals surface area contributed by atoms with Crippen LogP contribution in [0.1, 0.15) is 19.8 Å². The quantitative estimate of drug-likeness (QED) is 0.594. The van der Waals surface area contributed by atoms with Crippen LogP contribution in [0.15, 0.2) is 11.8 Å². The number of likely N-dealkylation sites (tertiary alicyclic amines) is 1. The number of morpholine rings is 1. The number of hydrogen-bond donors (Lipinski definition) is 1. The minimum absolute atomic E-state index is 0.205. The normalized spacial score (nSPS) is 21.5. The third kappa shape index (κ3) is 5.32. The standard InChI is InChI=1S/C16H26N4O2/c1-14-2-5-20(6-3-14)13-15(12-17)16(21)18-4-7-19-8-10-22-11-9-19/h13-14H,2-11H2,1H3,(H,18,21)/b15-13-. The van der Waals surface area contributed by atoms with E-state index in [1.807, 2.05) is 6.07 Å². The SMILES string of the molecule is CC1CCN(/C=C(/C#N)C(=O)NCCN2CCOCC2)CC1. The molecule has 6 heteroatoms. The maximum Gasteiger partial charge on any atom is 0.263 e. The fourth-order valence-electron chi connectivity index (χ4n) is 2.73. The van der Waals surface area contributed by atoms with Crippen LogP contribution in [0, 0.1) is 17.2 Å². The number of hydrogen-bond acceptors (Lipinski definition) is 5. The fourth-order valence-corrected chi connectivity index (χ4v) is 2.73. The molecule has 0 aromatic heterocycles. The van der Waals surface area contributed by atoms with Crippen LogP contribution in [0.3, 0.4) is 0 Å². The van der Waals surface area contributed by atoms with Crippen LogP contribution < -0.4 is 5.32 Å². The Balaban J connectivity index is 1.75. The van der Waals surface area contributed by atoms with Gasteiger partial charge in [-0.2, -0.15) is 5.26 Å². The largest absolute Gasteiger partial charge is 0.379 e. The molecule has 0 bridgehead atoms. The maximum absolute atomic E-state index is 12.1. The summed E-state index contributed by atoms with van der Waals surface area (Å²) in [5, 5.41) is 12.0. The molecule has 122 valence electrons. The molecule has 0 atom stereocenters. The predicted octanol–water partition coefficient (Wildman–Crippen LogP) is 0.574. The molecule has 0 unspecified atom stereocenters. The summed E-state index contributed by atoms with van der Waals surface area (Å²) in [7, 11) is 0. The van der Waals surface area contributed by atoms with Crippen molar-refractivity contribution in [3.63, 3.8) is 0 Å². The van der Waals surface area contributed by atoms with Gasteiger partial charge in [0.15, 0.2) is 0 Å². The van der Waals surface area contributed by atoms with E-state index in [1.165, 1.54) is 0 Å². The monoisotopic (exact) mass is 306 g/mol. The number of amides is 1. The zero-order chi connectivity index (χ0) is 15.8. The average molecular weight is 306 g/mol. The predicted molar refractivity (Wildman–Crippen MR) is 83.9 cm³/mol. The zero-order valence-corrected chi connectivity index (χ0v) is 13.4. The Kier molecular flexibility index (Phi) is 6.69. The molecule has 2 saturated heterocycles. The van der Waals surface area contributed by atoms with Crippen LogP contribution in [-0.2, 0) is 9.53 Å². The van der Waals surface area contributed by atoms with Gasteiger partial charge >= 0.3 is 0 Å². The molecule has 0 saturated carbocycles. The summed E-state index contributed by atoms with van der Waals surface area (Å²) in [4.78, 5) is 16.4. The van der Waals surface area contributed by atoms with E-state index < -0.39 is 0 Å². The van der Waals surface area contributed by atoms with Crippen molar-refractivity contribution in [3.05, 3.63) is 11.8 Å². The van der Waals surface area contributed by atoms with E-state index in [0.29, 0.717) is 6.54 Å². The number of nitriles is 1. The molecule has 2 aliphatic rings. The van der Waals surface area contributed by atoms with E-state index in [-0.39, 0.29) is 11.5 Å². The number of ether oxygens (including phenoxy) is 1. The van der Waals surface area contributed by atoms with E-state index in [0.717, 1.165) is 64.7 Å². The molecule has 2 aliphatic heterocycles. The van der Waals surface area contributed by atoms with Crippen molar-refractivity contribution in [3.8, 4) is 6.07 Å². The van der Waals surface area contributed by atoms with Gasteiger partial charge < -0.3 is 15.0 Å². The maximum atomic E-state index is 12.1. The van der Waals surface area contributed by atoms with Crippen molar-refractivity contribution in [1.29, 1.82) is 5.26 Å². The highest BCUT2D eigenvalue weighted by molar-refractivity contribution is 5.97. The molecule has 6 nitrogen and oxygen atoms in total. The number of carbonyl (C=O) groups is 1. The van der Waals surface area contributed by atoms with Crippen LogP contribution in [0.4, 0.5) is 0 Å².